The smallest absolute Gasteiger partial charge is 0.00653 e. The van der Waals surface area contributed by atoms with Gasteiger partial charge in [0.05, 0.1) is 17.8 Å². The monoisotopic (exact) mass is 103 g/mol. The average molecular weight is 103 g/mol. The molecule has 6 rings (SSSR count). The molecule has 0 bridgehead atoms. The molecule has 38 valence electrons. The van der Waals surface area contributed by atoms with Gasteiger partial charge in [-0.1, -0.05) is 0 Å². The highest BCUT2D eigenvalue weighted by Gasteiger charge is 3.08. The predicted molar refractivity (Wildman–Crippen MR) is 27.7 cm³/mol. The van der Waals surface area contributed by atoms with Crippen molar-refractivity contribution in [3.8, 4) is 0 Å². The van der Waals surface area contributed by atoms with E-state index in [1.807, 2.05) is 5.92 Å². The first kappa shape index (κ1) is 2.64. The second kappa shape index (κ2) is 0.415. The summed E-state index contributed by atoms with van der Waals surface area (Å²) in [4.78, 5) is 0. The Balaban J connectivity index is 2.00. The van der Waals surface area contributed by atoms with Crippen LogP contribution in [0.3, 0.4) is 0 Å². The Morgan fingerprint density at radius 1 is 0.625 bits per heavy atom. The van der Waals surface area contributed by atoms with Gasteiger partial charge in [-0.2, -0.15) is 0 Å². The van der Waals surface area contributed by atoms with Crippen molar-refractivity contribution in [2.45, 2.75) is 0 Å². The second-order valence-corrected chi connectivity index (χ2v) is 4.39. The lowest BCUT2D eigenvalue weighted by Crippen LogP contribution is -2.99. The lowest BCUT2D eigenvalue weighted by molar-refractivity contribution is -0.484. The summed E-state index contributed by atoms with van der Waals surface area (Å²) < 4.78 is 0. The molecule has 6 aliphatic rings. The van der Waals surface area contributed by atoms with Crippen LogP contribution in [0.25, 0.3) is 0 Å². The minimum absolute atomic E-state index is 1.25. The third kappa shape index (κ3) is 0.0608. The van der Waals surface area contributed by atoms with Crippen LogP contribution in [-0.4, -0.2) is 0 Å². The van der Waals surface area contributed by atoms with Crippen molar-refractivity contribution in [3.05, 3.63) is 5.92 Å². The van der Waals surface area contributed by atoms with E-state index < -0.39 is 0 Å². The van der Waals surface area contributed by atoms with E-state index in [1.165, 1.54) is 41.4 Å². The van der Waals surface area contributed by atoms with Gasteiger partial charge in [0.15, 0.2) is 0 Å². The van der Waals surface area contributed by atoms with E-state index in [0.717, 1.165) is 0 Å². The molecule has 0 N–H and O–H groups in total. The Morgan fingerprint density at radius 2 is 1.12 bits per heavy atom. The highest BCUT2D eigenvalue weighted by Crippen LogP contribution is 3.01. The van der Waals surface area contributed by atoms with Crippen LogP contribution in [0, 0.1) is 47.3 Å². The van der Waals surface area contributed by atoms with E-state index >= 15 is 0 Å². The van der Waals surface area contributed by atoms with Gasteiger partial charge in [-0.25, -0.2) is 0 Å². The Kier molecular flexibility index (Phi) is 0.137. The van der Waals surface area contributed by atoms with Gasteiger partial charge >= 0.3 is 0 Å². The number of rotatable bonds is 0. The molecule has 0 radical (unpaired) electrons. The summed E-state index contributed by atoms with van der Waals surface area (Å²) in [6, 6.07) is 0. The molecule has 0 spiro atoms. The molecule has 0 aliphatic heterocycles. The quantitative estimate of drug-likeness (QED) is 0.400. The van der Waals surface area contributed by atoms with E-state index in [9.17, 15) is 0 Å². The van der Waals surface area contributed by atoms with Crippen molar-refractivity contribution in [1.29, 1.82) is 0 Å². The van der Waals surface area contributed by atoms with Crippen molar-refractivity contribution in [2.24, 2.45) is 41.4 Å². The minimum atomic E-state index is 1.25. The van der Waals surface area contributed by atoms with Gasteiger partial charge in [-0.3, -0.25) is 0 Å². The summed E-state index contributed by atoms with van der Waals surface area (Å²) in [5, 5.41) is 0. The average Bonchev–Trinajstić information content (AvgIpc) is 1.90. The summed E-state index contributed by atoms with van der Waals surface area (Å²) in [6.07, 6.45) is 0. The first-order chi connectivity index (χ1) is 4.00. The largest absolute Gasteiger partial charge is 0.116 e. The molecule has 0 saturated heterocycles. The standard InChI is InChI=1S/C8H7/c1-2-5-3(1)7-4(1)6(2)8(5)7/h1-7H/q+1. The summed E-state index contributed by atoms with van der Waals surface area (Å²) in [6.45, 7) is 0. The molecule has 0 aromatic rings. The zero-order chi connectivity index (χ0) is 4.62. The zero-order valence-electron chi connectivity index (χ0n) is 4.54. The van der Waals surface area contributed by atoms with Gasteiger partial charge in [0, 0.05) is 0 Å². The third-order valence-electron chi connectivity index (χ3n) is 4.98. The van der Waals surface area contributed by atoms with Crippen LogP contribution in [-0.2, 0) is 0 Å². The van der Waals surface area contributed by atoms with Crippen LogP contribution in [0.1, 0.15) is 0 Å². The minimum Gasteiger partial charge on any atom is -0.00653 e. The summed E-state index contributed by atoms with van der Waals surface area (Å²) in [5.74, 6) is 11.0. The fourth-order valence-electron chi connectivity index (χ4n) is 4.85. The number of hydrogen-bond donors (Lipinski definition) is 0. The molecular weight excluding hydrogens is 96.1 g/mol. The molecule has 0 amide bonds. The fraction of sp³-hybridized carbons (Fsp3) is 0.875. The number of hydrogen-bond acceptors (Lipinski definition) is 0. The topological polar surface area (TPSA) is 0 Å². The van der Waals surface area contributed by atoms with Gasteiger partial charge < -0.3 is 0 Å². The van der Waals surface area contributed by atoms with Crippen LogP contribution in [0.2, 0.25) is 0 Å². The molecule has 0 unspecified atom stereocenters. The first-order valence-corrected chi connectivity index (χ1v) is 3.87. The molecule has 6 saturated carbocycles. The summed E-state index contributed by atoms with van der Waals surface area (Å²) >= 11 is 0. The molecule has 0 heteroatoms. The second-order valence-electron chi connectivity index (χ2n) is 4.39. The molecule has 6 fully saturated rings. The van der Waals surface area contributed by atoms with Crippen LogP contribution >= 0.6 is 0 Å². The molecule has 8 heavy (non-hydrogen) atoms. The van der Waals surface area contributed by atoms with Gasteiger partial charge in [0.25, 0.3) is 0 Å². The molecule has 0 aromatic heterocycles. The Labute approximate surface area is 48.3 Å². The highest BCUT2D eigenvalue weighted by molar-refractivity contribution is 5.57. The van der Waals surface area contributed by atoms with Crippen molar-refractivity contribution in [3.63, 3.8) is 0 Å². The van der Waals surface area contributed by atoms with Crippen LogP contribution in [0.5, 0.6) is 0 Å². The third-order valence-corrected chi connectivity index (χ3v) is 4.98. The molecule has 0 nitrogen and oxygen atoms in total. The van der Waals surface area contributed by atoms with Crippen molar-refractivity contribution >= 4 is 0 Å². The maximum atomic E-state index is 2.05. The predicted octanol–water partition coefficient (Wildman–Crippen LogP) is 0.942. The molecule has 0 aromatic carbocycles. The first-order valence-electron chi connectivity index (χ1n) is 3.87. The summed E-state index contributed by atoms with van der Waals surface area (Å²) in [7, 11) is 0. The SMILES string of the molecule is [C+]12C3C4C1C1C2C3C41. The lowest BCUT2D eigenvalue weighted by atomic mass is 9.01. The van der Waals surface area contributed by atoms with Gasteiger partial charge in [0.2, 0.25) is 0 Å². The maximum Gasteiger partial charge on any atom is 0.116 e. The normalized spacial score (nSPS) is 99.0. The van der Waals surface area contributed by atoms with E-state index in [4.69, 9.17) is 0 Å². The van der Waals surface area contributed by atoms with E-state index in [0.29, 0.717) is 0 Å². The molecule has 0 heterocycles. The van der Waals surface area contributed by atoms with Crippen LogP contribution < -0.4 is 0 Å². The Bertz CT molecular complexity index is 110. The van der Waals surface area contributed by atoms with E-state index in [2.05, 4.69) is 0 Å². The Morgan fingerprint density at radius 3 is 1.25 bits per heavy atom. The van der Waals surface area contributed by atoms with Crippen molar-refractivity contribution in [1.82, 2.24) is 0 Å². The van der Waals surface area contributed by atoms with Crippen LogP contribution in [0.15, 0.2) is 0 Å². The van der Waals surface area contributed by atoms with Gasteiger partial charge in [-0.15, -0.1) is 0 Å². The van der Waals surface area contributed by atoms with E-state index in [1.54, 1.807) is 0 Å². The zero-order valence-corrected chi connectivity index (χ0v) is 4.54. The molecular formula is C8H7+. The van der Waals surface area contributed by atoms with Crippen LogP contribution in [0.4, 0.5) is 0 Å². The van der Waals surface area contributed by atoms with Gasteiger partial charge in [0.1, 0.15) is 23.7 Å². The lowest BCUT2D eigenvalue weighted by Gasteiger charge is -2.92. The van der Waals surface area contributed by atoms with Crippen molar-refractivity contribution in [2.75, 3.05) is 0 Å². The van der Waals surface area contributed by atoms with Gasteiger partial charge in [-0.05, 0) is 5.92 Å². The van der Waals surface area contributed by atoms with E-state index in [-0.39, 0.29) is 0 Å². The Hall–Kier alpha value is -0.130. The molecule has 6 aliphatic carbocycles. The van der Waals surface area contributed by atoms with Crippen molar-refractivity contribution < 1.29 is 0 Å². The highest BCUT2D eigenvalue weighted by atomic mass is 15.0. The maximum absolute atomic E-state index is 2.05. The summed E-state index contributed by atoms with van der Waals surface area (Å²) in [5.41, 5.74) is 0. The molecule has 0 atom stereocenters. The fourth-order valence-corrected chi connectivity index (χ4v) is 4.85.